The zero-order chi connectivity index (χ0) is 21.0. The van der Waals surface area contributed by atoms with Crippen LogP contribution >= 0.6 is 11.8 Å². The normalized spacial score (nSPS) is 10.6. The quantitative estimate of drug-likeness (QED) is 0.600. The van der Waals surface area contributed by atoms with E-state index in [0.29, 0.717) is 10.8 Å². The molecule has 10 heteroatoms. The highest BCUT2D eigenvalue weighted by atomic mass is 32.2. The van der Waals surface area contributed by atoms with Gasteiger partial charge in [-0.2, -0.15) is 0 Å². The van der Waals surface area contributed by atoms with Crippen molar-refractivity contribution < 1.29 is 22.8 Å². The van der Waals surface area contributed by atoms with Gasteiger partial charge < -0.3 is 10.6 Å². The standard InChI is InChI=1S/C19H15F3N4O2S/c1-29-19-24-9-16(26(19)13-5-2-11(20)3-6-13)18(28)23-10-17(27)25-12-4-7-14(21)15(22)8-12/h2-9H,10H2,1H3,(H,23,28)(H,25,27). The lowest BCUT2D eigenvalue weighted by atomic mass is 10.3. The summed E-state index contributed by atoms with van der Waals surface area (Å²) < 4.78 is 40.9. The van der Waals surface area contributed by atoms with Crippen LogP contribution in [0.2, 0.25) is 0 Å². The first-order chi connectivity index (χ1) is 13.9. The highest BCUT2D eigenvalue weighted by Gasteiger charge is 2.18. The van der Waals surface area contributed by atoms with E-state index in [2.05, 4.69) is 15.6 Å². The topological polar surface area (TPSA) is 76.0 Å². The molecule has 6 nitrogen and oxygen atoms in total. The number of imidazole rings is 1. The molecule has 0 aliphatic rings. The molecular weight excluding hydrogens is 405 g/mol. The fraction of sp³-hybridized carbons (Fsp3) is 0.105. The van der Waals surface area contributed by atoms with Gasteiger partial charge in [-0.1, -0.05) is 11.8 Å². The fourth-order valence-electron chi connectivity index (χ4n) is 2.51. The Kier molecular flexibility index (Phi) is 6.23. The minimum atomic E-state index is -1.10. The average Bonchev–Trinajstić information content (AvgIpc) is 3.14. The first-order valence-electron chi connectivity index (χ1n) is 8.30. The Labute approximate surface area is 168 Å². The number of amides is 2. The molecule has 0 saturated heterocycles. The predicted octanol–water partition coefficient (Wildman–Crippen LogP) is 3.38. The Morgan fingerprint density at radius 1 is 1.07 bits per heavy atom. The number of carbonyl (C=O) groups is 2. The van der Waals surface area contributed by atoms with Gasteiger partial charge in [0.15, 0.2) is 16.8 Å². The van der Waals surface area contributed by atoms with E-state index >= 15 is 0 Å². The van der Waals surface area contributed by atoms with Crippen LogP contribution in [0.15, 0.2) is 53.8 Å². The molecule has 2 amide bonds. The third kappa shape index (κ3) is 4.77. The zero-order valence-corrected chi connectivity index (χ0v) is 15.9. The van der Waals surface area contributed by atoms with E-state index < -0.39 is 35.8 Å². The number of carbonyl (C=O) groups excluding carboxylic acids is 2. The molecule has 0 spiro atoms. The maximum Gasteiger partial charge on any atom is 0.270 e. The Morgan fingerprint density at radius 3 is 2.45 bits per heavy atom. The van der Waals surface area contributed by atoms with Gasteiger partial charge in [0.2, 0.25) is 5.91 Å². The van der Waals surface area contributed by atoms with Crippen LogP contribution in [0.1, 0.15) is 10.5 Å². The number of anilines is 1. The number of benzene rings is 2. The molecule has 3 aromatic rings. The molecule has 2 N–H and O–H groups in total. The van der Waals surface area contributed by atoms with Crippen LogP contribution in [0.5, 0.6) is 0 Å². The van der Waals surface area contributed by atoms with Crippen molar-refractivity contribution in [3.05, 3.63) is 71.8 Å². The molecule has 0 unspecified atom stereocenters. The molecule has 29 heavy (non-hydrogen) atoms. The van der Waals surface area contributed by atoms with Crippen LogP contribution in [-0.4, -0.2) is 34.2 Å². The molecule has 2 aromatic carbocycles. The minimum absolute atomic E-state index is 0.0594. The highest BCUT2D eigenvalue weighted by molar-refractivity contribution is 7.98. The van der Waals surface area contributed by atoms with Crippen molar-refractivity contribution >= 4 is 29.3 Å². The first-order valence-corrected chi connectivity index (χ1v) is 9.52. The monoisotopic (exact) mass is 420 g/mol. The number of aromatic nitrogens is 2. The van der Waals surface area contributed by atoms with Crippen LogP contribution in [0.3, 0.4) is 0 Å². The van der Waals surface area contributed by atoms with E-state index in [9.17, 15) is 22.8 Å². The van der Waals surface area contributed by atoms with Crippen LogP contribution in [0, 0.1) is 17.5 Å². The van der Waals surface area contributed by atoms with Crippen LogP contribution in [-0.2, 0) is 4.79 Å². The summed E-state index contributed by atoms with van der Waals surface area (Å²) in [7, 11) is 0. The van der Waals surface area contributed by atoms with Gasteiger partial charge in [-0.25, -0.2) is 18.2 Å². The van der Waals surface area contributed by atoms with E-state index in [1.54, 1.807) is 6.26 Å². The predicted molar refractivity (Wildman–Crippen MR) is 103 cm³/mol. The van der Waals surface area contributed by atoms with Gasteiger partial charge >= 0.3 is 0 Å². The number of nitrogens with zero attached hydrogens (tertiary/aromatic N) is 2. The summed E-state index contributed by atoms with van der Waals surface area (Å²) in [6.45, 7) is -0.402. The maximum absolute atomic E-state index is 13.2. The first kappa shape index (κ1) is 20.5. The number of thioether (sulfide) groups is 1. The fourth-order valence-corrected chi connectivity index (χ4v) is 3.05. The van der Waals surface area contributed by atoms with E-state index in [-0.39, 0.29) is 11.4 Å². The third-order valence-electron chi connectivity index (χ3n) is 3.84. The van der Waals surface area contributed by atoms with Crippen LogP contribution in [0.4, 0.5) is 18.9 Å². The van der Waals surface area contributed by atoms with Crippen molar-refractivity contribution in [3.63, 3.8) is 0 Å². The second-order valence-electron chi connectivity index (χ2n) is 5.80. The van der Waals surface area contributed by atoms with Crippen molar-refractivity contribution in [1.82, 2.24) is 14.9 Å². The maximum atomic E-state index is 13.2. The lowest BCUT2D eigenvalue weighted by Crippen LogP contribution is -2.33. The van der Waals surface area contributed by atoms with Gasteiger partial charge in [0.05, 0.1) is 12.7 Å². The van der Waals surface area contributed by atoms with Gasteiger partial charge in [-0.15, -0.1) is 0 Å². The summed E-state index contributed by atoms with van der Waals surface area (Å²) in [6, 6.07) is 8.45. The minimum Gasteiger partial charge on any atom is -0.342 e. The van der Waals surface area contributed by atoms with Crippen molar-refractivity contribution in [2.24, 2.45) is 0 Å². The van der Waals surface area contributed by atoms with Crippen molar-refractivity contribution in [3.8, 4) is 5.69 Å². The number of hydrogen-bond donors (Lipinski definition) is 2. The van der Waals surface area contributed by atoms with E-state index in [1.165, 1.54) is 52.9 Å². The van der Waals surface area contributed by atoms with E-state index in [1.807, 2.05) is 0 Å². The van der Waals surface area contributed by atoms with E-state index in [4.69, 9.17) is 0 Å². The molecule has 0 bridgehead atoms. The van der Waals surface area contributed by atoms with Gasteiger partial charge in [0, 0.05) is 17.4 Å². The largest absolute Gasteiger partial charge is 0.342 e. The molecular formula is C19H15F3N4O2S. The lowest BCUT2D eigenvalue weighted by molar-refractivity contribution is -0.115. The molecule has 0 atom stereocenters. The van der Waals surface area contributed by atoms with Gasteiger partial charge in [0.1, 0.15) is 11.5 Å². The zero-order valence-electron chi connectivity index (χ0n) is 15.1. The van der Waals surface area contributed by atoms with Crippen LogP contribution in [0.25, 0.3) is 5.69 Å². The Bertz CT molecular complexity index is 1050. The summed E-state index contributed by atoms with van der Waals surface area (Å²) in [4.78, 5) is 28.7. The van der Waals surface area contributed by atoms with Crippen molar-refractivity contribution in [2.75, 3.05) is 18.1 Å². The van der Waals surface area contributed by atoms with Crippen molar-refractivity contribution in [1.29, 1.82) is 0 Å². The Balaban J connectivity index is 1.70. The third-order valence-corrected chi connectivity index (χ3v) is 4.50. The molecule has 3 rings (SSSR count). The molecule has 0 radical (unpaired) electrons. The number of hydrogen-bond acceptors (Lipinski definition) is 4. The summed E-state index contributed by atoms with van der Waals surface area (Å²) in [6.07, 6.45) is 3.12. The Hall–Kier alpha value is -3.27. The summed E-state index contributed by atoms with van der Waals surface area (Å²) in [5.41, 5.74) is 0.746. The Morgan fingerprint density at radius 2 is 1.79 bits per heavy atom. The lowest BCUT2D eigenvalue weighted by Gasteiger charge is -2.11. The van der Waals surface area contributed by atoms with Crippen LogP contribution < -0.4 is 10.6 Å². The molecule has 150 valence electrons. The molecule has 0 fully saturated rings. The molecule has 0 aliphatic carbocycles. The van der Waals surface area contributed by atoms with Crippen molar-refractivity contribution in [2.45, 2.75) is 5.16 Å². The number of halogens is 3. The second-order valence-corrected chi connectivity index (χ2v) is 6.58. The van der Waals surface area contributed by atoms with Gasteiger partial charge in [-0.3, -0.25) is 14.2 Å². The molecule has 1 heterocycles. The molecule has 0 aliphatic heterocycles. The van der Waals surface area contributed by atoms with Gasteiger partial charge in [-0.05, 0) is 42.7 Å². The average molecular weight is 420 g/mol. The summed E-state index contributed by atoms with van der Waals surface area (Å²) in [5, 5.41) is 5.31. The highest BCUT2D eigenvalue weighted by Crippen LogP contribution is 2.22. The summed E-state index contributed by atoms with van der Waals surface area (Å²) in [5.74, 6) is -3.75. The number of nitrogens with one attached hydrogen (secondary N) is 2. The SMILES string of the molecule is CSc1ncc(C(=O)NCC(=O)Nc2ccc(F)c(F)c2)n1-c1ccc(F)cc1. The van der Waals surface area contributed by atoms with Gasteiger partial charge in [0.25, 0.3) is 5.91 Å². The summed E-state index contributed by atoms with van der Waals surface area (Å²) >= 11 is 1.29. The molecule has 0 saturated carbocycles. The number of rotatable bonds is 6. The van der Waals surface area contributed by atoms with E-state index in [0.717, 1.165) is 12.1 Å². The second kappa shape index (κ2) is 8.82. The molecule has 1 aromatic heterocycles. The smallest absolute Gasteiger partial charge is 0.270 e.